The summed E-state index contributed by atoms with van der Waals surface area (Å²) in [6.45, 7) is 10.4. The lowest BCUT2D eigenvalue weighted by Crippen LogP contribution is -2.54. The smallest absolute Gasteiger partial charge is 0.141 e. The summed E-state index contributed by atoms with van der Waals surface area (Å²) >= 11 is 3.60. The van der Waals surface area contributed by atoms with Crippen molar-refractivity contribution in [1.82, 2.24) is 19.4 Å². The van der Waals surface area contributed by atoms with Crippen LogP contribution < -0.4 is 0 Å². The van der Waals surface area contributed by atoms with E-state index >= 15 is 0 Å². The summed E-state index contributed by atoms with van der Waals surface area (Å²) < 4.78 is 2.80. The Labute approximate surface area is 164 Å². The van der Waals surface area contributed by atoms with E-state index in [1.807, 2.05) is 41.9 Å². The van der Waals surface area contributed by atoms with E-state index in [4.69, 9.17) is 0 Å². The van der Waals surface area contributed by atoms with Gasteiger partial charge in [0.05, 0.1) is 11.8 Å². The molecule has 2 heterocycles. The fraction of sp³-hybridized carbons (Fsp3) is 0.500. The van der Waals surface area contributed by atoms with E-state index in [-0.39, 0.29) is 11.6 Å². The maximum atomic E-state index is 9.92. The molecule has 3 rings (SSSR count). The molecule has 1 aromatic carbocycles. The number of hydrogen-bond donors (Lipinski definition) is 0. The highest BCUT2D eigenvalue weighted by molar-refractivity contribution is 9.10. The first-order chi connectivity index (χ1) is 12.3. The minimum Gasteiger partial charge on any atom is -0.328 e. The molecule has 0 radical (unpaired) electrons. The van der Waals surface area contributed by atoms with E-state index in [0.717, 1.165) is 47.9 Å². The number of aromatic nitrogens is 2. The van der Waals surface area contributed by atoms with Crippen LogP contribution in [0, 0.1) is 11.3 Å². The maximum Gasteiger partial charge on any atom is 0.141 e. The average Bonchev–Trinajstić information content (AvgIpc) is 2.91. The second kappa shape index (κ2) is 7.51. The summed E-state index contributed by atoms with van der Waals surface area (Å²) in [6, 6.07) is 12.3. The van der Waals surface area contributed by atoms with Crippen LogP contribution in [-0.2, 0) is 7.05 Å². The molecule has 1 fully saturated rings. The number of rotatable bonds is 3. The van der Waals surface area contributed by atoms with Gasteiger partial charge < -0.3 is 4.57 Å². The van der Waals surface area contributed by atoms with Crippen LogP contribution in [0.3, 0.4) is 0 Å². The first-order valence-electron chi connectivity index (χ1n) is 8.99. The minimum atomic E-state index is -0.304. The van der Waals surface area contributed by atoms with E-state index in [2.05, 4.69) is 57.6 Å². The van der Waals surface area contributed by atoms with Gasteiger partial charge in [0.2, 0.25) is 0 Å². The highest BCUT2D eigenvalue weighted by atomic mass is 79.9. The molecule has 0 aliphatic carbocycles. The number of halogens is 1. The van der Waals surface area contributed by atoms with Crippen LogP contribution >= 0.6 is 15.9 Å². The monoisotopic (exact) mass is 415 g/mol. The predicted octanol–water partition coefficient (Wildman–Crippen LogP) is 3.83. The van der Waals surface area contributed by atoms with Crippen LogP contribution in [0.2, 0.25) is 0 Å². The van der Waals surface area contributed by atoms with E-state index in [1.54, 1.807) is 0 Å². The zero-order chi connectivity index (χ0) is 18.9. The molecular formula is C20H26BrN5. The van der Waals surface area contributed by atoms with Gasteiger partial charge in [0.25, 0.3) is 0 Å². The molecule has 2 aromatic rings. The molecule has 0 amide bonds. The quantitative estimate of drug-likeness (QED) is 0.763. The van der Waals surface area contributed by atoms with Crippen LogP contribution in [0.25, 0.3) is 11.4 Å². The van der Waals surface area contributed by atoms with Crippen molar-refractivity contribution in [2.75, 3.05) is 26.2 Å². The van der Waals surface area contributed by atoms with E-state index in [1.165, 1.54) is 0 Å². The Morgan fingerprint density at radius 2 is 1.73 bits per heavy atom. The molecule has 0 bridgehead atoms. The summed E-state index contributed by atoms with van der Waals surface area (Å²) in [7, 11) is 1.99. The third-order valence-electron chi connectivity index (χ3n) is 5.14. The Kier molecular flexibility index (Phi) is 5.52. The lowest BCUT2D eigenvalue weighted by Gasteiger charge is -2.43. The predicted molar refractivity (Wildman–Crippen MR) is 108 cm³/mol. The zero-order valence-electron chi connectivity index (χ0n) is 15.9. The number of piperazine rings is 1. The van der Waals surface area contributed by atoms with E-state index in [9.17, 15) is 5.26 Å². The summed E-state index contributed by atoms with van der Waals surface area (Å²) in [5.74, 6) is 0.876. The molecule has 1 unspecified atom stereocenters. The standard InChI is InChI=1S/C20H26BrN5/c1-20(2,3)26-12-10-25(11-13-26)16(14-22)17-18(21)23-19(24(17)4)15-8-6-5-7-9-15/h5-9,16H,10-13H2,1-4H3. The lowest BCUT2D eigenvalue weighted by atomic mass is 10.0. The van der Waals surface area contributed by atoms with Crippen molar-refractivity contribution in [2.24, 2.45) is 7.05 Å². The maximum absolute atomic E-state index is 9.92. The van der Waals surface area contributed by atoms with Gasteiger partial charge in [-0.25, -0.2) is 4.98 Å². The molecule has 1 aromatic heterocycles. The normalized spacial score (nSPS) is 17.8. The van der Waals surface area contributed by atoms with Crippen molar-refractivity contribution in [3.63, 3.8) is 0 Å². The second-order valence-corrected chi connectivity index (χ2v) is 8.51. The van der Waals surface area contributed by atoms with Gasteiger partial charge in [-0.05, 0) is 36.7 Å². The van der Waals surface area contributed by atoms with Crippen LogP contribution in [0.1, 0.15) is 32.5 Å². The van der Waals surface area contributed by atoms with Crippen LogP contribution in [0.5, 0.6) is 0 Å². The fourth-order valence-electron chi connectivity index (χ4n) is 3.59. The minimum absolute atomic E-state index is 0.168. The van der Waals surface area contributed by atoms with Gasteiger partial charge in [0, 0.05) is 44.3 Å². The summed E-state index contributed by atoms with van der Waals surface area (Å²) in [5, 5.41) is 9.92. The van der Waals surface area contributed by atoms with Gasteiger partial charge in [-0.15, -0.1) is 0 Å². The van der Waals surface area contributed by atoms with Gasteiger partial charge in [-0.1, -0.05) is 30.3 Å². The van der Waals surface area contributed by atoms with Crippen molar-refractivity contribution in [3.8, 4) is 17.5 Å². The number of nitrogens with zero attached hydrogens (tertiary/aromatic N) is 5. The highest BCUT2D eigenvalue weighted by Gasteiger charge is 2.32. The fourth-order valence-corrected chi connectivity index (χ4v) is 4.24. The average molecular weight is 416 g/mol. The summed E-state index contributed by atoms with van der Waals surface area (Å²) in [6.07, 6.45) is 0. The number of benzene rings is 1. The number of nitriles is 1. The summed E-state index contributed by atoms with van der Waals surface area (Å²) in [4.78, 5) is 9.43. The lowest BCUT2D eigenvalue weighted by molar-refractivity contribution is 0.0507. The van der Waals surface area contributed by atoms with Gasteiger partial charge in [0.15, 0.2) is 0 Å². The number of hydrogen-bond acceptors (Lipinski definition) is 4. The van der Waals surface area contributed by atoms with E-state index < -0.39 is 0 Å². The molecule has 1 aliphatic rings. The third kappa shape index (κ3) is 3.71. The SMILES string of the molecule is Cn1c(-c2ccccc2)nc(Br)c1C(C#N)N1CCN(C(C)(C)C)CC1. The van der Waals surface area contributed by atoms with Crippen LogP contribution in [0.15, 0.2) is 34.9 Å². The zero-order valence-corrected chi connectivity index (χ0v) is 17.5. The van der Waals surface area contributed by atoms with E-state index in [0.29, 0.717) is 0 Å². The molecule has 6 heteroatoms. The molecule has 0 spiro atoms. The topological polar surface area (TPSA) is 48.1 Å². The van der Waals surface area contributed by atoms with Crippen LogP contribution in [-0.4, -0.2) is 51.1 Å². The molecule has 26 heavy (non-hydrogen) atoms. The second-order valence-electron chi connectivity index (χ2n) is 7.76. The molecule has 1 aliphatic heterocycles. The van der Waals surface area contributed by atoms with Crippen molar-refractivity contribution in [1.29, 1.82) is 5.26 Å². The first kappa shape index (κ1) is 19.1. The molecule has 5 nitrogen and oxygen atoms in total. The Balaban J connectivity index is 1.86. The van der Waals surface area contributed by atoms with Gasteiger partial charge >= 0.3 is 0 Å². The Morgan fingerprint density at radius 3 is 2.27 bits per heavy atom. The Bertz CT molecular complexity index is 792. The highest BCUT2D eigenvalue weighted by Crippen LogP contribution is 2.32. The van der Waals surface area contributed by atoms with Crippen molar-refractivity contribution in [2.45, 2.75) is 32.4 Å². The third-order valence-corrected chi connectivity index (χ3v) is 5.72. The van der Waals surface area contributed by atoms with Crippen molar-refractivity contribution < 1.29 is 0 Å². The van der Waals surface area contributed by atoms with Gasteiger partial charge in [-0.2, -0.15) is 5.26 Å². The van der Waals surface area contributed by atoms with Crippen LogP contribution in [0.4, 0.5) is 0 Å². The van der Waals surface area contributed by atoms with Crippen molar-refractivity contribution >= 4 is 15.9 Å². The molecule has 138 valence electrons. The molecule has 1 atom stereocenters. The number of imidazole rings is 1. The Morgan fingerprint density at radius 1 is 1.12 bits per heavy atom. The summed E-state index contributed by atoms with van der Waals surface area (Å²) in [5.41, 5.74) is 2.15. The van der Waals surface area contributed by atoms with Gasteiger partial charge in [0.1, 0.15) is 16.5 Å². The van der Waals surface area contributed by atoms with Crippen molar-refractivity contribution in [3.05, 3.63) is 40.6 Å². The first-order valence-corrected chi connectivity index (χ1v) is 9.78. The Hall–Kier alpha value is -1.68. The largest absolute Gasteiger partial charge is 0.328 e. The molecule has 0 N–H and O–H groups in total. The molecule has 0 saturated carbocycles. The van der Waals surface area contributed by atoms with Gasteiger partial charge in [-0.3, -0.25) is 9.80 Å². The molecular weight excluding hydrogens is 390 g/mol. The molecule has 1 saturated heterocycles.